The minimum atomic E-state index is -0.507. The van der Waals surface area contributed by atoms with Crippen LogP contribution in [-0.2, 0) is 6.54 Å². The van der Waals surface area contributed by atoms with E-state index in [1.54, 1.807) is 29.2 Å². The standard InChI is InChI=1S/C31H26FN5O3/c32-27-12-5-4-11-26(27)31(38)35-17-15-34(16-18-35)21-28-30(22-7-2-1-3-8-22)33-29-14-13-24(20-36(28)29)23-9-6-10-25(19-23)37(39)40/h1-14,19-20H,15-18,21H2. The molecule has 9 heteroatoms. The molecule has 3 heterocycles. The van der Waals surface area contributed by atoms with Gasteiger partial charge in [-0.25, -0.2) is 9.37 Å². The third-order valence-electron chi connectivity index (χ3n) is 7.29. The van der Waals surface area contributed by atoms with E-state index < -0.39 is 10.7 Å². The van der Waals surface area contributed by atoms with Crippen molar-refractivity contribution >= 4 is 17.2 Å². The molecule has 1 aliphatic heterocycles. The number of non-ortho nitro benzene ring substituents is 1. The molecule has 6 rings (SSSR count). The molecule has 3 aromatic carbocycles. The van der Waals surface area contributed by atoms with Crippen LogP contribution in [0.5, 0.6) is 0 Å². The number of halogens is 1. The Balaban J connectivity index is 1.31. The van der Waals surface area contributed by atoms with Crippen molar-refractivity contribution < 1.29 is 14.1 Å². The van der Waals surface area contributed by atoms with E-state index in [1.807, 2.05) is 59.1 Å². The fourth-order valence-corrected chi connectivity index (χ4v) is 5.17. The number of hydrogen-bond acceptors (Lipinski definition) is 5. The zero-order chi connectivity index (χ0) is 27.6. The highest BCUT2D eigenvalue weighted by molar-refractivity contribution is 5.94. The van der Waals surface area contributed by atoms with Gasteiger partial charge in [-0.2, -0.15) is 0 Å². The zero-order valence-corrected chi connectivity index (χ0v) is 21.6. The first-order valence-electron chi connectivity index (χ1n) is 13.1. The Kier molecular flexibility index (Phi) is 6.79. The summed E-state index contributed by atoms with van der Waals surface area (Å²) >= 11 is 0. The van der Waals surface area contributed by atoms with Crippen LogP contribution in [0.4, 0.5) is 10.1 Å². The molecule has 1 fully saturated rings. The summed E-state index contributed by atoms with van der Waals surface area (Å²) in [7, 11) is 0. The molecule has 0 saturated carbocycles. The fraction of sp³-hybridized carbons (Fsp3) is 0.161. The van der Waals surface area contributed by atoms with Crippen LogP contribution in [0.25, 0.3) is 28.0 Å². The number of rotatable bonds is 6. The summed E-state index contributed by atoms with van der Waals surface area (Å²) < 4.78 is 16.2. The van der Waals surface area contributed by atoms with Crippen molar-refractivity contribution in [2.75, 3.05) is 26.2 Å². The molecular weight excluding hydrogens is 509 g/mol. The molecule has 1 saturated heterocycles. The molecule has 0 unspecified atom stereocenters. The number of piperazine rings is 1. The lowest BCUT2D eigenvalue weighted by atomic mass is 10.1. The highest BCUT2D eigenvalue weighted by Crippen LogP contribution is 2.30. The minimum absolute atomic E-state index is 0.0382. The predicted octanol–water partition coefficient (Wildman–Crippen LogP) is 5.67. The number of fused-ring (bicyclic) bond motifs is 1. The van der Waals surface area contributed by atoms with E-state index in [0.717, 1.165) is 33.7 Å². The Morgan fingerprint density at radius 3 is 2.33 bits per heavy atom. The van der Waals surface area contributed by atoms with Crippen LogP contribution in [0.2, 0.25) is 0 Å². The van der Waals surface area contributed by atoms with Gasteiger partial charge in [0.15, 0.2) is 0 Å². The van der Waals surface area contributed by atoms with Crippen molar-refractivity contribution in [3.63, 3.8) is 0 Å². The fourth-order valence-electron chi connectivity index (χ4n) is 5.17. The first kappa shape index (κ1) is 25.4. The molecule has 8 nitrogen and oxygen atoms in total. The van der Waals surface area contributed by atoms with E-state index in [2.05, 4.69) is 4.90 Å². The number of amides is 1. The molecule has 0 atom stereocenters. The molecule has 5 aromatic rings. The Morgan fingerprint density at radius 2 is 1.57 bits per heavy atom. The summed E-state index contributed by atoms with van der Waals surface area (Å²) in [4.78, 5) is 32.8. The van der Waals surface area contributed by atoms with Gasteiger partial charge in [-0.15, -0.1) is 0 Å². The molecule has 1 amide bonds. The summed E-state index contributed by atoms with van der Waals surface area (Å²) in [5, 5.41) is 11.3. The largest absolute Gasteiger partial charge is 0.336 e. The van der Waals surface area contributed by atoms with Crippen LogP contribution in [0.15, 0.2) is 97.2 Å². The summed E-state index contributed by atoms with van der Waals surface area (Å²) in [5.41, 5.74) is 5.34. The second-order valence-electron chi connectivity index (χ2n) is 9.77. The van der Waals surface area contributed by atoms with Crippen molar-refractivity contribution in [2.24, 2.45) is 0 Å². The number of aromatic nitrogens is 2. The molecule has 0 aliphatic carbocycles. The third kappa shape index (κ3) is 4.94. The highest BCUT2D eigenvalue weighted by Gasteiger charge is 2.26. The Morgan fingerprint density at radius 1 is 0.850 bits per heavy atom. The maximum atomic E-state index is 14.2. The van der Waals surface area contributed by atoms with Gasteiger partial charge < -0.3 is 9.30 Å². The van der Waals surface area contributed by atoms with E-state index in [9.17, 15) is 19.3 Å². The lowest BCUT2D eigenvalue weighted by molar-refractivity contribution is -0.384. The second-order valence-corrected chi connectivity index (χ2v) is 9.77. The molecule has 40 heavy (non-hydrogen) atoms. The first-order valence-corrected chi connectivity index (χ1v) is 13.1. The smallest absolute Gasteiger partial charge is 0.270 e. The van der Waals surface area contributed by atoms with Crippen LogP contribution >= 0.6 is 0 Å². The van der Waals surface area contributed by atoms with Crippen molar-refractivity contribution in [3.05, 3.63) is 124 Å². The quantitative estimate of drug-likeness (QED) is 0.207. The van der Waals surface area contributed by atoms with Crippen LogP contribution < -0.4 is 0 Å². The van der Waals surface area contributed by atoms with E-state index in [4.69, 9.17) is 4.98 Å². The number of nitro groups is 1. The maximum Gasteiger partial charge on any atom is 0.270 e. The highest BCUT2D eigenvalue weighted by atomic mass is 19.1. The van der Waals surface area contributed by atoms with Gasteiger partial charge in [-0.1, -0.05) is 54.6 Å². The van der Waals surface area contributed by atoms with Gasteiger partial charge in [0, 0.05) is 56.6 Å². The normalized spacial score (nSPS) is 14.0. The topological polar surface area (TPSA) is 84.0 Å². The average molecular weight is 536 g/mol. The SMILES string of the molecule is O=C(c1ccccc1F)N1CCN(Cc2c(-c3ccccc3)nc3ccc(-c4cccc([N+](=O)[O-])c4)cn23)CC1. The number of benzene rings is 3. The minimum Gasteiger partial charge on any atom is -0.336 e. The lowest BCUT2D eigenvalue weighted by Crippen LogP contribution is -2.48. The number of nitrogens with zero attached hydrogens (tertiary/aromatic N) is 5. The molecule has 1 aliphatic rings. The van der Waals surface area contributed by atoms with Crippen LogP contribution in [-0.4, -0.2) is 56.2 Å². The van der Waals surface area contributed by atoms with Gasteiger partial charge in [-0.3, -0.25) is 19.8 Å². The van der Waals surface area contributed by atoms with Crippen LogP contribution in [0.3, 0.4) is 0 Å². The van der Waals surface area contributed by atoms with Crippen molar-refractivity contribution in [2.45, 2.75) is 6.54 Å². The van der Waals surface area contributed by atoms with Crippen molar-refractivity contribution in [3.8, 4) is 22.4 Å². The van der Waals surface area contributed by atoms with E-state index >= 15 is 0 Å². The van der Waals surface area contributed by atoms with E-state index in [1.165, 1.54) is 18.2 Å². The van der Waals surface area contributed by atoms with Crippen molar-refractivity contribution in [1.82, 2.24) is 19.2 Å². The Labute approximate surface area is 230 Å². The molecule has 0 radical (unpaired) electrons. The monoisotopic (exact) mass is 535 g/mol. The number of imidazole rings is 1. The number of hydrogen-bond donors (Lipinski definition) is 0. The maximum absolute atomic E-state index is 14.2. The predicted molar refractivity (Wildman–Crippen MR) is 150 cm³/mol. The van der Waals surface area contributed by atoms with Crippen molar-refractivity contribution in [1.29, 1.82) is 0 Å². The molecule has 0 spiro atoms. The van der Waals surface area contributed by atoms with Crippen LogP contribution in [0, 0.1) is 15.9 Å². The number of nitro benzene ring substituents is 1. The van der Waals surface area contributed by atoms with E-state index in [0.29, 0.717) is 32.7 Å². The second kappa shape index (κ2) is 10.7. The van der Waals surface area contributed by atoms with Crippen LogP contribution in [0.1, 0.15) is 16.1 Å². The molecule has 0 N–H and O–H groups in total. The Bertz CT molecular complexity index is 1710. The number of pyridine rings is 1. The summed E-state index contributed by atoms with van der Waals surface area (Å²) in [6.45, 7) is 2.83. The van der Waals surface area contributed by atoms with E-state index in [-0.39, 0.29) is 17.2 Å². The summed E-state index contributed by atoms with van der Waals surface area (Å²) in [6.07, 6.45) is 1.97. The zero-order valence-electron chi connectivity index (χ0n) is 21.6. The molecular formula is C31H26FN5O3. The lowest BCUT2D eigenvalue weighted by Gasteiger charge is -2.34. The number of carbonyl (C=O) groups is 1. The molecule has 2 aromatic heterocycles. The molecule has 0 bridgehead atoms. The van der Waals surface area contributed by atoms with Gasteiger partial charge in [0.25, 0.3) is 11.6 Å². The van der Waals surface area contributed by atoms with Gasteiger partial charge in [0.05, 0.1) is 21.9 Å². The first-order chi connectivity index (χ1) is 19.5. The number of carbonyl (C=O) groups excluding carboxylic acids is 1. The third-order valence-corrected chi connectivity index (χ3v) is 7.29. The van der Waals surface area contributed by atoms with Gasteiger partial charge in [-0.05, 0) is 35.4 Å². The molecule has 200 valence electrons. The van der Waals surface area contributed by atoms with Gasteiger partial charge in [0.1, 0.15) is 11.5 Å². The summed E-state index contributed by atoms with van der Waals surface area (Å²) in [5.74, 6) is -0.799. The summed E-state index contributed by atoms with van der Waals surface area (Å²) in [6, 6.07) is 26.5. The Hall–Kier alpha value is -4.89. The average Bonchev–Trinajstić information content (AvgIpc) is 3.35. The van der Waals surface area contributed by atoms with Gasteiger partial charge in [0.2, 0.25) is 0 Å². The van der Waals surface area contributed by atoms with Gasteiger partial charge >= 0.3 is 0 Å².